The first-order valence-corrected chi connectivity index (χ1v) is 3.77. The zero-order chi connectivity index (χ0) is 8.48. The van der Waals surface area contributed by atoms with Crippen LogP contribution in [0, 0.1) is 0 Å². The molecule has 1 rings (SSSR count). The van der Waals surface area contributed by atoms with Crippen LogP contribution in [0.2, 0.25) is 0 Å². The first-order chi connectivity index (χ1) is 5.04. The molecule has 1 heterocycles. The molecule has 0 saturated heterocycles. The molecule has 1 aliphatic rings. The topological polar surface area (TPSA) is 41.6 Å². The Hall–Kier alpha value is -0.830. The Morgan fingerprint density at radius 3 is 3.09 bits per heavy atom. The fourth-order valence-corrected chi connectivity index (χ4v) is 1.10. The van der Waals surface area contributed by atoms with Gasteiger partial charge in [-0.1, -0.05) is 6.58 Å². The highest BCUT2D eigenvalue weighted by Crippen LogP contribution is 2.18. The maximum Gasteiger partial charge on any atom is 0.144 e. The van der Waals surface area contributed by atoms with E-state index in [-0.39, 0.29) is 0 Å². The Kier molecular flexibility index (Phi) is 2.00. The van der Waals surface area contributed by atoms with Gasteiger partial charge in [0.05, 0.1) is 0 Å². The summed E-state index contributed by atoms with van der Waals surface area (Å²) in [7, 11) is 1.99. The highest BCUT2D eigenvalue weighted by molar-refractivity contribution is 5.59. The fourth-order valence-electron chi connectivity index (χ4n) is 1.10. The monoisotopic (exact) mass is 153 g/mol. The third-order valence-electron chi connectivity index (χ3n) is 2.00. The molecule has 1 unspecified atom stereocenters. The lowest BCUT2D eigenvalue weighted by Crippen LogP contribution is -2.41. The quantitative estimate of drug-likeness (QED) is 0.553. The van der Waals surface area contributed by atoms with Crippen molar-refractivity contribution in [2.75, 3.05) is 13.6 Å². The van der Waals surface area contributed by atoms with E-state index in [1.165, 1.54) is 0 Å². The molecule has 0 spiro atoms. The molecule has 1 atom stereocenters. The molecule has 0 aromatic heterocycles. The minimum atomic E-state index is -0.606. The van der Waals surface area contributed by atoms with E-state index < -0.39 is 5.66 Å². The third-order valence-corrected chi connectivity index (χ3v) is 2.00. The van der Waals surface area contributed by atoms with Crippen LogP contribution in [0.25, 0.3) is 0 Å². The summed E-state index contributed by atoms with van der Waals surface area (Å²) in [4.78, 5) is 6.25. The molecule has 3 heteroatoms. The molecule has 0 aromatic carbocycles. The molecule has 1 aliphatic heterocycles. The molecular formula is C8H15N3. The second kappa shape index (κ2) is 2.66. The van der Waals surface area contributed by atoms with E-state index in [0.29, 0.717) is 0 Å². The third kappa shape index (κ3) is 1.60. The van der Waals surface area contributed by atoms with Crippen LogP contribution in [0.4, 0.5) is 0 Å². The molecule has 0 bridgehead atoms. The van der Waals surface area contributed by atoms with Crippen LogP contribution >= 0.6 is 0 Å². The van der Waals surface area contributed by atoms with Gasteiger partial charge in [-0.15, -0.1) is 0 Å². The van der Waals surface area contributed by atoms with Crippen molar-refractivity contribution in [3.63, 3.8) is 0 Å². The van der Waals surface area contributed by atoms with E-state index in [4.69, 9.17) is 5.73 Å². The van der Waals surface area contributed by atoms with Crippen LogP contribution in [-0.2, 0) is 0 Å². The number of hydrogen-bond donors (Lipinski definition) is 1. The summed E-state index contributed by atoms with van der Waals surface area (Å²) in [6.07, 6.45) is 2.82. The smallest absolute Gasteiger partial charge is 0.144 e. The summed E-state index contributed by atoms with van der Waals surface area (Å²) in [5.74, 6) is 0. The van der Waals surface area contributed by atoms with Crippen LogP contribution in [0.1, 0.15) is 13.3 Å². The SMILES string of the molecule is C=C1N(C)CCC=NC1(C)N. The predicted molar refractivity (Wildman–Crippen MR) is 47.5 cm³/mol. The number of likely N-dealkylation sites (N-methyl/N-ethyl adjacent to an activating group) is 1. The van der Waals surface area contributed by atoms with Gasteiger partial charge in [0.25, 0.3) is 0 Å². The number of nitrogens with zero attached hydrogens (tertiary/aromatic N) is 2. The van der Waals surface area contributed by atoms with E-state index >= 15 is 0 Å². The Morgan fingerprint density at radius 1 is 1.82 bits per heavy atom. The van der Waals surface area contributed by atoms with Crippen LogP contribution in [0.15, 0.2) is 17.3 Å². The summed E-state index contributed by atoms with van der Waals surface area (Å²) < 4.78 is 0. The van der Waals surface area contributed by atoms with Gasteiger partial charge in [-0.05, 0) is 13.3 Å². The average Bonchev–Trinajstić information content (AvgIpc) is 2.03. The van der Waals surface area contributed by atoms with Crippen molar-refractivity contribution in [2.45, 2.75) is 19.0 Å². The number of nitrogens with two attached hydrogens (primary N) is 1. The minimum Gasteiger partial charge on any atom is -0.375 e. The normalized spacial score (nSPS) is 32.3. The van der Waals surface area contributed by atoms with Gasteiger partial charge in [-0.3, -0.25) is 4.99 Å². The Balaban J connectivity index is 2.85. The van der Waals surface area contributed by atoms with Crippen molar-refractivity contribution in [3.05, 3.63) is 12.3 Å². The van der Waals surface area contributed by atoms with Gasteiger partial charge in [0.2, 0.25) is 0 Å². The summed E-state index contributed by atoms with van der Waals surface area (Å²) in [5, 5.41) is 0. The molecule has 2 N–H and O–H groups in total. The fraction of sp³-hybridized carbons (Fsp3) is 0.625. The van der Waals surface area contributed by atoms with Gasteiger partial charge in [0.1, 0.15) is 5.66 Å². The standard InChI is InChI=1S/C8H15N3/c1-7-8(2,9)10-5-4-6-11(7)3/h5H,1,4,6,9H2,2-3H3. The average molecular weight is 153 g/mol. The van der Waals surface area contributed by atoms with E-state index in [0.717, 1.165) is 18.7 Å². The summed E-state index contributed by atoms with van der Waals surface area (Å²) in [6.45, 7) is 6.72. The second-order valence-electron chi connectivity index (χ2n) is 3.12. The second-order valence-corrected chi connectivity index (χ2v) is 3.12. The van der Waals surface area contributed by atoms with E-state index in [1.807, 2.05) is 25.1 Å². The minimum absolute atomic E-state index is 0.606. The van der Waals surface area contributed by atoms with E-state index in [9.17, 15) is 0 Å². The predicted octanol–water partition coefficient (Wildman–Crippen LogP) is 0.581. The Morgan fingerprint density at radius 2 is 2.45 bits per heavy atom. The van der Waals surface area contributed by atoms with Gasteiger partial charge in [-0.2, -0.15) is 0 Å². The van der Waals surface area contributed by atoms with Crippen LogP contribution < -0.4 is 5.73 Å². The zero-order valence-corrected chi connectivity index (χ0v) is 7.17. The van der Waals surface area contributed by atoms with Gasteiger partial charge in [0, 0.05) is 25.5 Å². The zero-order valence-electron chi connectivity index (χ0n) is 7.17. The Labute approximate surface area is 67.6 Å². The van der Waals surface area contributed by atoms with Gasteiger partial charge >= 0.3 is 0 Å². The maximum atomic E-state index is 5.87. The number of aliphatic imine (C=N–C) groups is 1. The lowest BCUT2D eigenvalue weighted by Gasteiger charge is -2.28. The molecule has 0 aliphatic carbocycles. The van der Waals surface area contributed by atoms with E-state index in [2.05, 4.69) is 11.6 Å². The maximum absolute atomic E-state index is 5.87. The highest BCUT2D eigenvalue weighted by Gasteiger charge is 2.24. The summed E-state index contributed by atoms with van der Waals surface area (Å²) in [5.41, 5.74) is 6.15. The van der Waals surface area contributed by atoms with E-state index in [1.54, 1.807) is 0 Å². The lowest BCUT2D eigenvalue weighted by atomic mass is 10.1. The highest BCUT2D eigenvalue weighted by atomic mass is 15.2. The van der Waals surface area contributed by atoms with Crippen LogP contribution in [-0.4, -0.2) is 30.4 Å². The number of rotatable bonds is 0. The first-order valence-electron chi connectivity index (χ1n) is 3.77. The molecule has 0 saturated carbocycles. The van der Waals surface area contributed by atoms with Crippen molar-refractivity contribution in [3.8, 4) is 0 Å². The molecule has 62 valence electrons. The van der Waals surface area contributed by atoms with Crippen molar-refractivity contribution in [1.29, 1.82) is 0 Å². The molecule has 0 aromatic rings. The van der Waals surface area contributed by atoms with Crippen molar-refractivity contribution >= 4 is 6.21 Å². The summed E-state index contributed by atoms with van der Waals surface area (Å²) >= 11 is 0. The van der Waals surface area contributed by atoms with Crippen molar-refractivity contribution in [2.24, 2.45) is 10.7 Å². The van der Waals surface area contributed by atoms with Crippen LogP contribution in [0.5, 0.6) is 0 Å². The van der Waals surface area contributed by atoms with Gasteiger partial charge < -0.3 is 10.6 Å². The molecule has 0 radical (unpaired) electrons. The Bertz CT molecular complexity index is 194. The summed E-state index contributed by atoms with van der Waals surface area (Å²) in [6, 6.07) is 0. The molecule has 11 heavy (non-hydrogen) atoms. The number of hydrogen-bond acceptors (Lipinski definition) is 3. The largest absolute Gasteiger partial charge is 0.375 e. The van der Waals surface area contributed by atoms with Crippen molar-refractivity contribution in [1.82, 2.24) is 4.90 Å². The molecular weight excluding hydrogens is 138 g/mol. The van der Waals surface area contributed by atoms with Crippen LogP contribution in [0.3, 0.4) is 0 Å². The van der Waals surface area contributed by atoms with Gasteiger partial charge in [-0.25, -0.2) is 0 Å². The lowest BCUT2D eigenvalue weighted by molar-refractivity contribution is 0.365. The molecule has 3 nitrogen and oxygen atoms in total. The van der Waals surface area contributed by atoms with Crippen molar-refractivity contribution < 1.29 is 0 Å². The first kappa shape index (κ1) is 8.27. The van der Waals surface area contributed by atoms with Gasteiger partial charge in [0.15, 0.2) is 0 Å². The molecule has 0 amide bonds. The molecule has 0 fully saturated rings.